The summed E-state index contributed by atoms with van der Waals surface area (Å²) >= 11 is 5.71. The molecule has 0 unspecified atom stereocenters. The molecule has 0 atom stereocenters. The number of aromatic nitrogens is 5. The Bertz CT molecular complexity index is 834. The highest BCUT2D eigenvalue weighted by atomic mass is 35.5. The van der Waals surface area contributed by atoms with Gasteiger partial charge in [0, 0.05) is 5.69 Å². The Hall–Kier alpha value is -3.01. The van der Waals surface area contributed by atoms with Crippen molar-refractivity contribution < 1.29 is 14.2 Å². The van der Waals surface area contributed by atoms with Gasteiger partial charge >= 0.3 is 0 Å². The van der Waals surface area contributed by atoms with Gasteiger partial charge < -0.3 is 10.5 Å². The number of hydrogen-bond donors (Lipinski definition) is 2. The lowest BCUT2D eigenvalue weighted by atomic mass is 10.2. The Morgan fingerprint density at radius 1 is 1.43 bits per heavy atom. The average Bonchev–Trinajstić information content (AvgIpc) is 3.21. The third-order valence-electron chi connectivity index (χ3n) is 2.84. The first-order chi connectivity index (χ1) is 11.2. The van der Waals surface area contributed by atoms with Crippen LogP contribution in [0.2, 0.25) is 5.02 Å². The van der Waals surface area contributed by atoms with Gasteiger partial charge in [-0.25, -0.2) is 18.7 Å². The Kier molecular flexibility index (Phi) is 4.15. The van der Waals surface area contributed by atoms with Crippen LogP contribution in [-0.2, 0) is 6.54 Å². The second-order valence-electron chi connectivity index (χ2n) is 4.36. The van der Waals surface area contributed by atoms with E-state index in [0.717, 1.165) is 0 Å². The zero-order chi connectivity index (χ0) is 16.2. The molecule has 1 aromatic carbocycles. The topological polar surface area (TPSA) is 114 Å². The molecule has 0 amide bonds. The number of benzene rings is 1. The molecule has 0 radical (unpaired) electrons. The normalized spacial score (nSPS) is 11.7. The van der Waals surface area contributed by atoms with Crippen LogP contribution in [-0.4, -0.2) is 36.1 Å². The molecule has 0 saturated heterocycles. The number of amidine groups is 1. The summed E-state index contributed by atoms with van der Waals surface area (Å²) in [5.74, 6) is -0.598. The number of oxime groups is 1. The van der Waals surface area contributed by atoms with Gasteiger partial charge in [0.2, 0.25) is 5.84 Å². The maximum absolute atomic E-state index is 13.2. The zero-order valence-electron chi connectivity index (χ0n) is 11.4. The van der Waals surface area contributed by atoms with Crippen LogP contribution in [0.5, 0.6) is 0 Å². The quantitative estimate of drug-likeness (QED) is 0.322. The summed E-state index contributed by atoms with van der Waals surface area (Å²) < 4.78 is 19.3. The molecule has 23 heavy (non-hydrogen) atoms. The molecule has 9 nitrogen and oxygen atoms in total. The monoisotopic (exact) mass is 337 g/mol. The van der Waals surface area contributed by atoms with E-state index in [2.05, 4.69) is 35.5 Å². The van der Waals surface area contributed by atoms with Gasteiger partial charge in [-0.2, -0.15) is 5.10 Å². The molecule has 0 aliphatic rings. The summed E-state index contributed by atoms with van der Waals surface area (Å²) in [4.78, 5) is 3.81. The lowest BCUT2D eigenvalue weighted by Gasteiger charge is -2.07. The highest BCUT2D eigenvalue weighted by molar-refractivity contribution is 6.31. The first-order valence-corrected chi connectivity index (χ1v) is 6.63. The molecular formula is C12H9ClFN7O2. The molecule has 2 N–H and O–H groups in total. The highest BCUT2D eigenvalue weighted by Crippen LogP contribution is 2.20. The van der Waals surface area contributed by atoms with Gasteiger partial charge in [-0.1, -0.05) is 21.9 Å². The third kappa shape index (κ3) is 3.26. The van der Waals surface area contributed by atoms with Crippen LogP contribution in [0.25, 0.3) is 0 Å². The summed E-state index contributed by atoms with van der Waals surface area (Å²) in [6.07, 6.45) is 2.86. The van der Waals surface area contributed by atoms with Gasteiger partial charge in [0.15, 0.2) is 5.69 Å². The summed E-state index contributed by atoms with van der Waals surface area (Å²) in [5, 5.41) is 26.4. The summed E-state index contributed by atoms with van der Waals surface area (Å²) in [7, 11) is 0. The first kappa shape index (κ1) is 14.9. The van der Waals surface area contributed by atoms with E-state index in [-0.39, 0.29) is 23.1 Å². The van der Waals surface area contributed by atoms with Crippen molar-refractivity contribution in [1.29, 1.82) is 0 Å². The predicted octanol–water partition coefficient (Wildman–Crippen LogP) is 1.75. The van der Waals surface area contributed by atoms with E-state index < -0.39 is 5.82 Å². The van der Waals surface area contributed by atoms with Crippen molar-refractivity contribution >= 4 is 23.1 Å². The SMILES string of the molecule is O/N=C(/Nc1ccc(F)c(Cl)c1)c1nonc1Cn1cncn1. The molecule has 2 heterocycles. The van der Waals surface area contributed by atoms with Crippen LogP contribution >= 0.6 is 11.6 Å². The van der Waals surface area contributed by atoms with E-state index in [4.69, 9.17) is 11.6 Å². The fraction of sp³-hybridized carbons (Fsp3) is 0.0833. The standard InChI is InChI=1S/C12H9ClFN7O2/c13-8-3-7(1-2-9(8)14)17-12(18-22)11-10(19-23-20-11)4-21-6-15-5-16-21/h1-3,5-6,22H,4H2,(H,17,18). The molecule has 0 bridgehead atoms. The lowest BCUT2D eigenvalue weighted by Crippen LogP contribution is -2.17. The van der Waals surface area contributed by atoms with Crippen molar-refractivity contribution in [2.45, 2.75) is 6.54 Å². The van der Waals surface area contributed by atoms with Crippen molar-refractivity contribution in [3.63, 3.8) is 0 Å². The fourth-order valence-electron chi connectivity index (χ4n) is 1.80. The largest absolute Gasteiger partial charge is 0.409 e. The molecule has 118 valence electrons. The predicted molar refractivity (Wildman–Crippen MR) is 76.8 cm³/mol. The van der Waals surface area contributed by atoms with Gasteiger partial charge in [-0.15, -0.1) is 0 Å². The van der Waals surface area contributed by atoms with E-state index >= 15 is 0 Å². The number of nitrogens with one attached hydrogen (secondary N) is 1. The third-order valence-corrected chi connectivity index (χ3v) is 3.13. The van der Waals surface area contributed by atoms with Crippen molar-refractivity contribution in [1.82, 2.24) is 25.1 Å². The van der Waals surface area contributed by atoms with Crippen molar-refractivity contribution in [2.75, 3.05) is 5.32 Å². The molecule has 0 fully saturated rings. The number of nitrogens with zero attached hydrogens (tertiary/aromatic N) is 6. The van der Waals surface area contributed by atoms with E-state index in [1.807, 2.05) is 0 Å². The number of halogens is 2. The molecule has 0 saturated carbocycles. The minimum absolute atomic E-state index is 0.0379. The van der Waals surface area contributed by atoms with Gasteiger partial charge in [-0.3, -0.25) is 0 Å². The summed E-state index contributed by atoms with van der Waals surface area (Å²) in [6.45, 7) is 0.212. The van der Waals surface area contributed by atoms with Gasteiger partial charge in [0.05, 0.1) is 11.6 Å². The van der Waals surface area contributed by atoms with Gasteiger partial charge in [0.1, 0.15) is 24.2 Å². The summed E-state index contributed by atoms with van der Waals surface area (Å²) in [6, 6.07) is 3.95. The second-order valence-corrected chi connectivity index (χ2v) is 4.76. The minimum atomic E-state index is -0.560. The Morgan fingerprint density at radius 2 is 2.30 bits per heavy atom. The lowest BCUT2D eigenvalue weighted by molar-refractivity contribution is 0.300. The molecule has 2 aromatic heterocycles. The van der Waals surface area contributed by atoms with Crippen LogP contribution in [0, 0.1) is 5.82 Å². The highest BCUT2D eigenvalue weighted by Gasteiger charge is 2.18. The van der Waals surface area contributed by atoms with E-state index in [1.54, 1.807) is 0 Å². The maximum atomic E-state index is 13.2. The molecular weight excluding hydrogens is 329 g/mol. The molecule has 3 aromatic rings. The second kappa shape index (κ2) is 6.40. The maximum Gasteiger partial charge on any atom is 0.201 e. The molecule has 11 heteroatoms. The van der Waals surface area contributed by atoms with Crippen LogP contribution < -0.4 is 5.32 Å². The minimum Gasteiger partial charge on any atom is -0.409 e. The molecule has 3 rings (SSSR count). The Morgan fingerprint density at radius 3 is 3.00 bits per heavy atom. The van der Waals surface area contributed by atoms with Gasteiger partial charge in [-0.05, 0) is 23.4 Å². The van der Waals surface area contributed by atoms with Crippen LogP contribution in [0.4, 0.5) is 10.1 Å². The average molecular weight is 338 g/mol. The van der Waals surface area contributed by atoms with Crippen molar-refractivity contribution in [3.8, 4) is 0 Å². The van der Waals surface area contributed by atoms with Crippen LogP contribution in [0.15, 0.2) is 40.6 Å². The molecule has 0 aliphatic heterocycles. The fourth-order valence-corrected chi connectivity index (χ4v) is 1.98. The van der Waals surface area contributed by atoms with Crippen LogP contribution in [0.3, 0.4) is 0 Å². The van der Waals surface area contributed by atoms with E-state index in [9.17, 15) is 9.60 Å². The summed E-state index contributed by atoms with van der Waals surface area (Å²) in [5.41, 5.74) is 0.936. The smallest absolute Gasteiger partial charge is 0.201 e. The zero-order valence-corrected chi connectivity index (χ0v) is 12.1. The van der Waals surface area contributed by atoms with E-state index in [0.29, 0.717) is 11.4 Å². The molecule has 0 spiro atoms. The molecule has 0 aliphatic carbocycles. The first-order valence-electron chi connectivity index (χ1n) is 6.25. The van der Waals surface area contributed by atoms with Gasteiger partial charge in [0.25, 0.3) is 0 Å². The Labute approximate surface area is 133 Å². The Balaban J connectivity index is 1.84. The van der Waals surface area contributed by atoms with Crippen molar-refractivity contribution in [2.24, 2.45) is 5.16 Å². The van der Waals surface area contributed by atoms with E-state index in [1.165, 1.54) is 35.5 Å². The van der Waals surface area contributed by atoms with Crippen LogP contribution in [0.1, 0.15) is 11.4 Å². The number of anilines is 1. The number of hydrogen-bond acceptors (Lipinski definition) is 7. The number of rotatable bonds is 4. The van der Waals surface area contributed by atoms with Crippen molar-refractivity contribution in [3.05, 3.63) is 53.1 Å².